The largest absolute Gasteiger partial charge is 0.495 e. The van der Waals surface area contributed by atoms with Crippen LogP contribution in [0.15, 0.2) is 71.6 Å². The molecule has 0 radical (unpaired) electrons. The zero-order valence-electron chi connectivity index (χ0n) is 17.9. The summed E-state index contributed by atoms with van der Waals surface area (Å²) in [5.41, 5.74) is 0.613. The summed E-state index contributed by atoms with van der Waals surface area (Å²) in [6, 6.07) is 15.3. The molecule has 0 bridgehead atoms. The van der Waals surface area contributed by atoms with Gasteiger partial charge in [-0.25, -0.2) is 12.8 Å². The van der Waals surface area contributed by atoms with Gasteiger partial charge in [0.1, 0.15) is 23.9 Å². The molecular weight excluding hydrogens is 471 g/mol. The summed E-state index contributed by atoms with van der Waals surface area (Å²) in [6.07, 6.45) is 0. The molecule has 3 aromatic carbocycles. The van der Waals surface area contributed by atoms with E-state index in [1.54, 1.807) is 24.3 Å². The van der Waals surface area contributed by atoms with Crippen molar-refractivity contribution in [1.82, 2.24) is 0 Å². The van der Waals surface area contributed by atoms with Gasteiger partial charge in [0.2, 0.25) is 5.91 Å². The van der Waals surface area contributed by atoms with Gasteiger partial charge in [0.25, 0.3) is 10.0 Å². The van der Waals surface area contributed by atoms with Crippen LogP contribution < -0.4 is 19.1 Å². The predicted molar refractivity (Wildman–Crippen MR) is 125 cm³/mol. The van der Waals surface area contributed by atoms with Gasteiger partial charge in [-0.05, 0) is 73.7 Å². The number of nitrogens with one attached hydrogen (secondary N) is 1. The summed E-state index contributed by atoms with van der Waals surface area (Å²) < 4.78 is 51.4. The fourth-order valence-corrected chi connectivity index (χ4v) is 4.68. The molecule has 3 aromatic rings. The first-order chi connectivity index (χ1) is 15.7. The van der Waals surface area contributed by atoms with Gasteiger partial charge in [-0.15, -0.1) is 0 Å². The van der Waals surface area contributed by atoms with Crippen LogP contribution in [0.25, 0.3) is 0 Å². The summed E-state index contributed by atoms with van der Waals surface area (Å²) in [5.74, 6) is -0.186. The Morgan fingerprint density at radius 1 is 1.06 bits per heavy atom. The number of hydrogen-bond acceptors (Lipinski definition) is 5. The third-order valence-electron chi connectivity index (χ3n) is 4.56. The number of benzene rings is 3. The number of anilines is 2. The van der Waals surface area contributed by atoms with E-state index < -0.39 is 28.3 Å². The Bertz CT molecular complexity index is 1220. The van der Waals surface area contributed by atoms with Crippen molar-refractivity contribution in [3.05, 3.63) is 77.6 Å². The molecule has 0 aliphatic rings. The first kappa shape index (κ1) is 24.3. The van der Waals surface area contributed by atoms with Crippen molar-refractivity contribution in [2.75, 3.05) is 29.9 Å². The van der Waals surface area contributed by atoms with Gasteiger partial charge in [-0.2, -0.15) is 0 Å². The zero-order chi connectivity index (χ0) is 24.0. The van der Waals surface area contributed by atoms with Crippen molar-refractivity contribution < 1.29 is 27.1 Å². The average molecular weight is 493 g/mol. The average Bonchev–Trinajstić information content (AvgIpc) is 2.79. The number of carbonyl (C=O) groups is 1. The molecule has 0 aromatic heterocycles. The molecule has 0 aliphatic carbocycles. The lowest BCUT2D eigenvalue weighted by Crippen LogP contribution is -2.38. The van der Waals surface area contributed by atoms with E-state index in [0.717, 1.165) is 28.6 Å². The minimum Gasteiger partial charge on any atom is -0.495 e. The summed E-state index contributed by atoms with van der Waals surface area (Å²) in [7, 11) is -2.72. The minimum absolute atomic E-state index is 0.155. The molecular formula is C23H22ClFN2O5S. The van der Waals surface area contributed by atoms with E-state index in [0.29, 0.717) is 23.8 Å². The van der Waals surface area contributed by atoms with E-state index in [1.807, 2.05) is 6.92 Å². The molecule has 3 rings (SSSR count). The first-order valence-electron chi connectivity index (χ1n) is 9.89. The second-order valence-corrected chi connectivity index (χ2v) is 9.06. The van der Waals surface area contributed by atoms with Gasteiger partial charge in [0.05, 0.1) is 29.3 Å². The number of halogens is 2. The number of carbonyl (C=O) groups excluding carboxylic acids is 1. The maximum atomic E-state index is 13.3. The number of amides is 1. The Kier molecular flexibility index (Phi) is 7.78. The standard InChI is InChI=1S/C23H22ClFN2O5S/c1-3-32-19-9-7-18(8-10-19)27(33(29,30)20-11-4-16(25)5-12-20)15-23(28)26-17-6-13-22(31-2)21(24)14-17/h4-14H,3,15H2,1-2H3,(H,26,28). The Labute approximate surface area is 196 Å². The molecule has 174 valence electrons. The van der Waals surface area contributed by atoms with Crippen molar-refractivity contribution in [1.29, 1.82) is 0 Å². The van der Waals surface area contributed by atoms with Crippen LogP contribution in [0.5, 0.6) is 11.5 Å². The van der Waals surface area contributed by atoms with Crippen LogP contribution in [0.4, 0.5) is 15.8 Å². The van der Waals surface area contributed by atoms with Crippen LogP contribution in [-0.2, 0) is 14.8 Å². The van der Waals surface area contributed by atoms with Crippen LogP contribution >= 0.6 is 11.6 Å². The molecule has 1 N–H and O–H groups in total. The molecule has 0 fully saturated rings. The van der Waals surface area contributed by atoms with Crippen LogP contribution in [0.1, 0.15) is 6.92 Å². The van der Waals surface area contributed by atoms with Crippen molar-refractivity contribution in [3.8, 4) is 11.5 Å². The van der Waals surface area contributed by atoms with Crippen LogP contribution in [-0.4, -0.2) is 34.6 Å². The van der Waals surface area contributed by atoms with E-state index >= 15 is 0 Å². The number of sulfonamides is 1. The lowest BCUT2D eigenvalue weighted by Gasteiger charge is -2.24. The highest BCUT2D eigenvalue weighted by Crippen LogP contribution is 2.28. The number of hydrogen-bond donors (Lipinski definition) is 1. The van der Waals surface area contributed by atoms with Gasteiger partial charge >= 0.3 is 0 Å². The number of ether oxygens (including phenoxy) is 2. The molecule has 0 saturated carbocycles. The molecule has 0 saturated heterocycles. The monoisotopic (exact) mass is 492 g/mol. The Morgan fingerprint density at radius 3 is 2.30 bits per heavy atom. The van der Waals surface area contributed by atoms with E-state index in [4.69, 9.17) is 21.1 Å². The smallest absolute Gasteiger partial charge is 0.264 e. The number of nitrogens with zero attached hydrogens (tertiary/aromatic N) is 1. The highest BCUT2D eigenvalue weighted by molar-refractivity contribution is 7.92. The number of methoxy groups -OCH3 is 1. The van der Waals surface area contributed by atoms with Crippen LogP contribution in [0.2, 0.25) is 5.02 Å². The molecule has 0 aliphatic heterocycles. The molecule has 0 heterocycles. The van der Waals surface area contributed by atoms with Gasteiger partial charge in [-0.1, -0.05) is 11.6 Å². The summed E-state index contributed by atoms with van der Waals surface area (Å²) in [5, 5.41) is 2.92. The Balaban J connectivity index is 1.91. The normalized spacial score (nSPS) is 11.0. The van der Waals surface area contributed by atoms with Crippen LogP contribution in [0.3, 0.4) is 0 Å². The Morgan fingerprint density at radius 2 is 1.73 bits per heavy atom. The second kappa shape index (κ2) is 10.5. The summed E-state index contributed by atoms with van der Waals surface area (Å²) >= 11 is 6.10. The predicted octanol–water partition coefficient (Wildman–Crippen LogP) is 4.72. The molecule has 0 spiro atoms. The van der Waals surface area contributed by atoms with Crippen molar-refractivity contribution in [2.45, 2.75) is 11.8 Å². The van der Waals surface area contributed by atoms with Crippen molar-refractivity contribution in [3.63, 3.8) is 0 Å². The van der Waals surface area contributed by atoms with Crippen molar-refractivity contribution in [2.24, 2.45) is 0 Å². The highest BCUT2D eigenvalue weighted by atomic mass is 35.5. The van der Waals surface area contributed by atoms with E-state index in [9.17, 15) is 17.6 Å². The Hall–Kier alpha value is -3.30. The van der Waals surface area contributed by atoms with Gasteiger partial charge in [0.15, 0.2) is 0 Å². The summed E-state index contributed by atoms with van der Waals surface area (Å²) in [4.78, 5) is 12.6. The lowest BCUT2D eigenvalue weighted by atomic mass is 10.3. The fraction of sp³-hybridized carbons (Fsp3) is 0.174. The van der Waals surface area contributed by atoms with Crippen molar-refractivity contribution >= 4 is 38.9 Å². The minimum atomic E-state index is -4.18. The first-order valence-corrected chi connectivity index (χ1v) is 11.7. The molecule has 10 heteroatoms. The molecule has 0 atom stereocenters. The molecule has 1 amide bonds. The zero-order valence-corrected chi connectivity index (χ0v) is 19.5. The van der Waals surface area contributed by atoms with Gasteiger partial charge < -0.3 is 14.8 Å². The molecule has 0 unspecified atom stereocenters. The number of rotatable bonds is 9. The SMILES string of the molecule is CCOc1ccc(N(CC(=O)Nc2ccc(OC)c(Cl)c2)S(=O)(=O)c2ccc(F)cc2)cc1. The van der Waals surface area contributed by atoms with E-state index in [2.05, 4.69) is 5.32 Å². The van der Waals surface area contributed by atoms with E-state index in [-0.39, 0.29) is 15.6 Å². The molecule has 33 heavy (non-hydrogen) atoms. The van der Waals surface area contributed by atoms with Gasteiger partial charge in [-0.3, -0.25) is 9.10 Å². The third kappa shape index (κ3) is 5.94. The third-order valence-corrected chi connectivity index (χ3v) is 6.64. The maximum absolute atomic E-state index is 13.3. The van der Waals surface area contributed by atoms with E-state index in [1.165, 1.54) is 25.3 Å². The molecule has 7 nitrogen and oxygen atoms in total. The highest BCUT2D eigenvalue weighted by Gasteiger charge is 2.27. The topological polar surface area (TPSA) is 84.9 Å². The lowest BCUT2D eigenvalue weighted by molar-refractivity contribution is -0.114. The fourth-order valence-electron chi connectivity index (χ4n) is 3.00. The summed E-state index contributed by atoms with van der Waals surface area (Å²) in [6.45, 7) is 1.75. The second-order valence-electron chi connectivity index (χ2n) is 6.79. The maximum Gasteiger partial charge on any atom is 0.264 e. The van der Waals surface area contributed by atoms with Crippen LogP contribution in [0, 0.1) is 5.82 Å². The quantitative estimate of drug-likeness (QED) is 0.467. The van der Waals surface area contributed by atoms with Gasteiger partial charge in [0, 0.05) is 5.69 Å².